The molecule has 0 fully saturated rings. The molecule has 3 nitrogen and oxygen atoms in total. The summed E-state index contributed by atoms with van der Waals surface area (Å²) >= 11 is 3.28. The molecule has 3 heterocycles. The second-order valence-corrected chi connectivity index (χ2v) is 9.26. The minimum atomic E-state index is -0.228. The van der Waals surface area contributed by atoms with Gasteiger partial charge in [0.2, 0.25) is 5.13 Å². The van der Waals surface area contributed by atoms with Crippen LogP contribution in [-0.2, 0) is 0 Å². The Labute approximate surface area is 183 Å². The molecule has 6 heteroatoms. The van der Waals surface area contributed by atoms with Crippen LogP contribution in [0.15, 0.2) is 70.5 Å². The van der Waals surface area contributed by atoms with Crippen LogP contribution >= 0.6 is 22.7 Å². The summed E-state index contributed by atoms with van der Waals surface area (Å²) in [5, 5.41) is 12.0. The minimum Gasteiger partial charge on any atom is -0.231 e. The number of aromatic nitrogens is 1. The van der Waals surface area contributed by atoms with E-state index in [0.29, 0.717) is 0 Å². The molecular weight excluding hydrogens is 413 g/mol. The van der Waals surface area contributed by atoms with Gasteiger partial charge in [-0.1, -0.05) is 35.9 Å². The van der Waals surface area contributed by atoms with Crippen LogP contribution in [0.25, 0.3) is 11.3 Å². The molecule has 30 heavy (non-hydrogen) atoms. The van der Waals surface area contributed by atoms with Crippen LogP contribution in [0.4, 0.5) is 9.52 Å². The molecule has 0 aliphatic carbocycles. The monoisotopic (exact) mass is 433 g/mol. The molecule has 150 valence electrons. The van der Waals surface area contributed by atoms with E-state index >= 15 is 0 Å². The van der Waals surface area contributed by atoms with Gasteiger partial charge in [0.15, 0.2) is 0 Å². The maximum Gasteiger partial charge on any atom is 0.207 e. The number of hydrazone groups is 1. The lowest BCUT2D eigenvalue weighted by molar-refractivity contribution is 0.624. The number of anilines is 1. The average molecular weight is 434 g/mol. The number of hydrogen-bond donors (Lipinski definition) is 0. The maximum atomic E-state index is 13.5. The molecule has 0 radical (unpaired) electrons. The topological polar surface area (TPSA) is 28.5 Å². The van der Waals surface area contributed by atoms with Gasteiger partial charge in [0.1, 0.15) is 5.82 Å². The van der Waals surface area contributed by atoms with Gasteiger partial charge in [0, 0.05) is 17.4 Å². The summed E-state index contributed by atoms with van der Waals surface area (Å²) in [5.74, 6) is -0.228. The van der Waals surface area contributed by atoms with Gasteiger partial charge < -0.3 is 0 Å². The summed E-state index contributed by atoms with van der Waals surface area (Å²) in [6, 6.07) is 17.3. The number of nitrogens with zero attached hydrogens (tertiary/aromatic N) is 3. The second-order valence-electron chi connectivity index (χ2n) is 7.47. The number of hydrogen-bond acceptors (Lipinski definition) is 5. The fourth-order valence-corrected chi connectivity index (χ4v) is 5.27. The predicted octanol–water partition coefficient (Wildman–Crippen LogP) is 6.98. The molecule has 0 saturated carbocycles. The second kappa shape index (κ2) is 7.78. The third-order valence-corrected chi connectivity index (χ3v) is 7.08. The lowest BCUT2D eigenvalue weighted by Crippen LogP contribution is -2.18. The summed E-state index contributed by atoms with van der Waals surface area (Å²) < 4.78 is 13.5. The average Bonchev–Trinajstić information content (AvgIpc) is 3.50. The molecule has 0 amide bonds. The van der Waals surface area contributed by atoms with Gasteiger partial charge in [-0.2, -0.15) is 5.10 Å². The van der Waals surface area contributed by atoms with Crippen molar-refractivity contribution in [2.75, 3.05) is 5.01 Å². The molecule has 1 unspecified atom stereocenters. The Morgan fingerprint density at radius 2 is 1.87 bits per heavy atom. The number of benzene rings is 2. The van der Waals surface area contributed by atoms with Crippen LogP contribution in [-0.4, -0.2) is 10.7 Å². The van der Waals surface area contributed by atoms with Gasteiger partial charge in [0.25, 0.3) is 0 Å². The number of thiophene rings is 1. The Bertz CT molecular complexity index is 1210. The standard InChI is InChI=1S/C24H20FN3S2/c1-15-5-6-16(2)19(12-15)21-14-30-24(26-21)28-22(17-7-9-18(25)10-8-17)13-20(27-28)23-4-3-11-29-23/h3-12,14,22H,13H2,1-2H3. The van der Waals surface area contributed by atoms with E-state index in [1.807, 2.05) is 23.2 Å². The van der Waals surface area contributed by atoms with Crippen LogP contribution < -0.4 is 5.01 Å². The first-order valence-corrected chi connectivity index (χ1v) is 11.5. The summed E-state index contributed by atoms with van der Waals surface area (Å²) in [5.41, 5.74) is 6.62. The third kappa shape index (κ3) is 3.57. The SMILES string of the molecule is Cc1ccc(C)c(-c2csc(N3N=C(c4cccs4)CC3c3ccc(F)cc3)n2)c1. The van der Waals surface area contributed by atoms with Crippen molar-refractivity contribution in [3.63, 3.8) is 0 Å². The summed E-state index contributed by atoms with van der Waals surface area (Å²) in [4.78, 5) is 6.10. The molecule has 2 aromatic carbocycles. The van der Waals surface area contributed by atoms with Crippen molar-refractivity contribution in [3.8, 4) is 11.3 Å². The molecular formula is C24H20FN3S2. The van der Waals surface area contributed by atoms with Gasteiger partial charge in [-0.15, -0.1) is 22.7 Å². The van der Waals surface area contributed by atoms with E-state index in [1.165, 1.54) is 23.3 Å². The van der Waals surface area contributed by atoms with Crippen LogP contribution in [0, 0.1) is 19.7 Å². The smallest absolute Gasteiger partial charge is 0.207 e. The van der Waals surface area contributed by atoms with E-state index in [4.69, 9.17) is 10.1 Å². The Hall–Kier alpha value is -2.83. The number of rotatable bonds is 4. The van der Waals surface area contributed by atoms with Crippen molar-refractivity contribution in [1.29, 1.82) is 0 Å². The van der Waals surface area contributed by atoms with Crippen molar-refractivity contribution in [1.82, 2.24) is 4.98 Å². The molecule has 0 bridgehead atoms. The fraction of sp³-hybridized carbons (Fsp3) is 0.167. The van der Waals surface area contributed by atoms with Crippen LogP contribution in [0.5, 0.6) is 0 Å². The molecule has 1 aliphatic heterocycles. The van der Waals surface area contributed by atoms with Crippen LogP contribution in [0.1, 0.15) is 34.0 Å². The van der Waals surface area contributed by atoms with E-state index in [1.54, 1.807) is 22.7 Å². The lowest BCUT2D eigenvalue weighted by atomic mass is 10.0. The van der Waals surface area contributed by atoms with Crippen molar-refractivity contribution in [2.24, 2.45) is 5.10 Å². The molecule has 1 atom stereocenters. The van der Waals surface area contributed by atoms with Crippen molar-refractivity contribution in [3.05, 3.63) is 92.7 Å². The minimum absolute atomic E-state index is 0.000284. The zero-order valence-corrected chi connectivity index (χ0v) is 18.3. The summed E-state index contributed by atoms with van der Waals surface area (Å²) in [6.45, 7) is 4.21. The van der Waals surface area contributed by atoms with E-state index in [9.17, 15) is 4.39 Å². The highest BCUT2D eigenvalue weighted by Crippen LogP contribution is 2.40. The Morgan fingerprint density at radius 1 is 1.03 bits per heavy atom. The van der Waals surface area contributed by atoms with Gasteiger partial charge >= 0.3 is 0 Å². The summed E-state index contributed by atoms with van der Waals surface area (Å²) in [6.07, 6.45) is 0.768. The highest BCUT2D eigenvalue weighted by atomic mass is 32.1. The Balaban J connectivity index is 1.55. The quantitative estimate of drug-likeness (QED) is 0.347. The Kier molecular flexibility index (Phi) is 4.97. The molecule has 2 aromatic heterocycles. The van der Waals surface area contributed by atoms with Gasteiger partial charge in [-0.05, 0) is 54.6 Å². The molecule has 0 spiro atoms. The molecule has 5 rings (SSSR count). The number of thiazole rings is 1. The maximum absolute atomic E-state index is 13.5. The van der Waals surface area contributed by atoms with Gasteiger partial charge in [-0.25, -0.2) is 14.4 Å². The highest BCUT2D eigenvalue weighted by molar-refractivity contribution is 7.14. The zero-order valence-electron chi connectivity index (χ0n) is 16.7. The van der Waals surface area contributed by atoms with Gasteiger partial charge in [0.05, 0.1) is 22.3 Å². The van der Waals surface area contributed by atoms with Crippen LogP contribution in [0.2, 0.25) is 0 Å². The van der Waals surface area contributed by atoms with E-state index < -0.39 is 0 Å². The van der Waals surface area contributed by atoms with E-state index in [2.05, 4.69) is 48.9 Å². The lowest BCUT2D eigenvalue weighted by Gasteiger charge is -2.21. The Morgan fingerprint density at radius 3 is 2.63 bits per heavy atom. The molecule has 0 N–H and O–H groups in total. The number of halogens is 1. The number of aryl methyl sites for hydroxylation is 2. The first-order chi connectivity index (χ1) is 14.6. The zero-order chi connectivity index (χ0) is 20.7. The van der Waals surface area contributed by atoms with Crippen molar-refractivity contribution in [2.45, 2.75) is 26.3 Å². The fourth-order valence-electron chi connectivity index (χ4n) is 3.73. The van der Waals surface area contributed by atoms with Crippen molar-refractivity contribution < 1.29 is 4.39 Å². The molecule has 0 saturated heterocycles. The van der Waals surface area contributed by atoms with E-state index in [-0.39, 0.29) is 11.9 Å². The first-order valence-electron chi connectivity index (χ1n) is 9.78. The largest absolute Gasteiger partial charge is 0.231 e. The third-order valence-electron chi connectivity index (χ3n) is 5.33. The normalized spacial score (nSPS) is 16.2. The van der Waals surface area contributed by atoms with E-state index in [0.717, 1.165) is 39.0 Å². The molecule has 1 aliphatic rings. The van der Waals surface area contributed by atoms with Gasteiger partial charge in [-0.3, -0.25) is 0 Å². The van der Waals surface area contributed by atoms with Crippen LogP contribution in [0.3, 0.4) is 0 Å². The highest BCUT2D eigenvalue weighted by Gasteiger charge is 2.32. The van der Waals surface area contributed by atoms with Crippen molar-refractivity contribution >= 4 is 33.5 Å². The predicted molar refractivity (Wildman–Crippen MR) is 124 cm³/mol. The first kappa shape index (κ1) is 19.2. The molecule has 4 aromatic rings. The summed E-state index contributed by atoms with van der Waals surface area (Å²) in [7, 11) is 0.